The molecule has 0 atom stereocenters. The minimum Gasteiger partial charge on any atom is -0.467 e. The fourth-order valence-electron chi connectivity index (χ4n) is 1.69. The van der Waals surface area contributed by atoms with Crippen LogP contribution in [-0.2, 0) is 17.9 Å². The molecular formula is C14H21NO2. The van der Waals surface area contributed by atoms with E-state index in [1.807, 2.05) is 12.1 Å². The average Bonchev–Trinajstić information content (AvgIpc) is 3.06. The van der Waals surface area contributed by atoms with Crippen LogP contribution in [-0.4, -0.2) is 12.6 Å². The van der Waals surface area contributed by atoms with Crippen LogP contribution in [0.5, 0.6) is 0 Å². The second kappa shape index (κ2) is 6.62. The normalized spacial score (nSPS) is 15.1. The lowest BCUT2D eigenvalue weighted by atomic mass is 10.2. The molecule has 0 spiro atoms. The van der Waals surface area contributed by atoms with Crippen molar-refractivity contribution in [2.45, 2.75) is 44.9 Å². The number of hydrogen-bond acceptors (Lipinski definition) is 3. The fourth-order valence-corrected chi connectivity index (χ4v) is 1.69. The van der Waals surface area contributed by atoms with Gasteiger partial charge in [0.15, 0.2) is 0 Å². The average molecular weight is 235 g/mol. The summed E-state index contributed by atoms with van der Waals surface area (Å²) in [6.45, 7) is 5.92. The van der Waals surface area contributed by atoms with Gasteiger partial charge in [-0.2, -0.15) is 0 Å². The van der Waals surface area contributed by atoms with Crippen molar-refractivity contribution in [2.75, 3.05) is 6.61 Å². The Morgan fingerprint density at radius 3 is 3.18 bits per heavy atom. The first-order valence-electron chi connectivity index (χ1n) is 6.37. The molecule has 1 aliphatic rings. The summed E-state index contributed by atoms with van der Waals surface area (Å²) in [5.41, 5.74) is 1.22. The maximum Gasteiger partial charge on any atom is 0.133 e. The first-order valence-corrected chi connectivity index (χ1v) is 6.37. The van der Waals surface area contributed by atoms with Crippen molar-refractivity contribution < 1.29 is 9.15 Å². The van der Waals surface area contributed by atoms with E-state index < -0.39 is 0 Å². The van der Waals surface area contributed by atoms with E-state index >= 15 is 0 Å². The third kappa shape index (κ3) is 4.36. The Bertz CT molecular complexity index is 342. The zero-order chi connectivity index (χ0) is 11.9. The van der Waals surface area contributed by atoms with Crippen molar-refractivity contribution in [1.29, 1.82) is 0 Å². The van der Waals surface area contributed by atoms with Gasteiger partial charge in [-0.3, -0.25) is 0 Å². The van der Waals surface area contributed by atoms with Gasteiger partial charge < -0.3 is 14.5 Å². The number of ether oxygens (including phenoxy) is 1. The van der Waals surface area contributed by atoms with Crippen LogP contribution in [0.3, 0.4) is 0 Å². The van der Waals surface area contributed by atoms with E-state index in [1.54, 1.807) is 6.26 Å². The van der Waals surface area contributed by atoms with Crippen LogP contribution in [0.15, 0.2) is 29.4 Å². The van der Waals surface area contributed by atoms with E-state index in [-0.39, 0.29) is 0 Å². The van der Waals surface area contributed by atoms with Gasteiger partial charge in [-0.1, -0.05) is 6.08 Å². The highest BCUT2D eigenvalue weighted by Gasteiger charge is 2.20. The Labute approximate surface area is 103 Å². The van der Waals surface area contributed by atoms with Gasteiger partial charge in [0.1, 0.15) is 12.4 Å². The molecule has 0 saturated heterocycles. The molecule has 1 heterocycles. The molecule has 94 valence electrons. The second-order valence-electron chi connectivity index (χ2n) is 4.51. The highest BCUT2D eigenvalue weighted by molar-refractivity contribution is 5.16. The molecule has 0 aliphatic heterocycles. The van der Waals surface area contributed by atoms with Gasteiger partial charge in [-0.15, -0.1) is 6.58 Å². The van der Waals surface area contributed by atoms with Gasteiger partial charge >= 0.3 is 0 Å². The third-order valence-corrected chi connectivity index (χ3v) is 2.93. The molecular weight excluding hydrogens is 214 g/mol. The topological polar surface area (TPSA) is 34.4 Å². The molecule has 0 bridgehead atoms. The summed E-state index contributed by atoms with van der Waals surface area (Å²) in [6.07, 6.45) is 8.32. The molecule has 1 fully saturated rings. The molecule has 0 unspecified atom stereocenters. The lowest BCUT2D eigenvalue weighted by Gasteiger charge is -2.05. The van der Waals surface area contributed by atoms with Crippen LogP contribution in [0.4, 0.5) is 0 Å². The minimum absolute atomic E-state index is 0.575. The van der Waals surface area contributed by atoms with Gasteiger partial charge in [0, 0.05) is 24.8 Å². The Hall–Kier alpha value is -1.06. The van der Waals surface area contributed by atoms with E-state index in [1.165, 1.54) is 18.4 Å². The van der Waals surface area contributed by atoms with Crippen molar-refractivity contribution in [3.8, 4) is 0 Å². The van der Waals surface area contributed by atoms with Gasteiger partial charge in [0.05, 0.1) is 6.26 Å². The Morgan fingerprint density at radius 2 is 2.41 bits per heavy atom. The monoisotopic (exact) mass is 235 g/mol. The zero-order valence-corrected chi connectivity index (χ0v) is 10.3. The van der Waals surface area contributed by atoms with Gasteiger partial charge in [-0.05, 0) is 31.7 Å². The predicted octanol–water partition coefficient (Wildman–Crippen LogP) is 3.01. The predicted molar refractivity (Wildman–Crippen MR) is 67.7 cm³/mol. The van der Waals surface area contributed by atoms with Gasteiger partial charge in [0.2, 0.25) is 0 Å². The lowest BCUT2D eigenvalue weighted by molar-refractivity contribution is 0.104. The standard InChI is InChI=1S/C14H21NO2/c1-2-3-4-8-16-11-14-12(7-9-17-14)10-15-13-5-6-13/h2,7,9,13,15H,1,3-6,8,10-11H2. The number of hydrogen-bond donors (Lipinski definition) is 1. The van der Waals surface area contributed by atoms with Crippen molar-refractivity contribution in [3.63, 3.8) is 0 Å². The summed E-state index contributed by atoms with van der Waals surface area (Å²) >= 11 is 0. The summed E-state index contributed by atoms with van der Waals surface area (Å²) in [6, 6.07) is 2.75. The summed E-state index contributed by atoms with van der Waals surface area (Å²) < 4.78 is 11.0. The molecule has 1 N–H and O–H groups in total. The number of unbranched alkanes of at least 4 members (excludes halogenated alkanes) is 1. The van der Waals surface area contributed by atoms with Crippen molar-refractivity contribution in [3.05, 3.63) is 36.3 Å². The fraction of sp³-hybridized carbons (Fsp3) is 0.571. The SMILES string of the molecule is C=CCCCOCc1occc1CNC1CC1. The summed E-state index contributed by atoms with van der Waals surface area (Å²) in [4.78, 5) is 0. The van der Waals surface area contributed by atoms with Crippen molar-refractivity contribution in [2.24, 2.45) is 0 Å². The molecule has 0 radical (unpaired) electrons. The molecule has 2 rings (SSSR count). The van der Waals surface area contributed by atoms with E-state index in [4.69, 9.17) is 9.15 Å². The summed E-state index contributed by atoms with van der Waals surface area (Å²) in [5, 5.41) is 3.48. The molecule has 1 saturated carbocycles. The van der Waals surface area contributed by atoms with E-state index in [2.05, 4.69) is 11.9 Å². The second-order valence-corrected chi connectivity index (χ2v) is 4.51. The van der Waals surface area contributed by atoms with Crippen molar-refractivity contribution in [1.82, 2.24) is 5.32 Å². The van der Waals surface area contributed by atoms with Crippen LogP contribution >= 0.6 is 0 Å². The highest BCUT2D eigenvalue weighted by atomic mass is 16.5. The molecule has 1 aromatic heterocycles. The van der Waals surface area contributed by atoms with Gasteiger partial charge in [-0.25, -0.2) is 0 Å². The number of furan rings is 1. The van der Waals surface area contributed by atoms with Gasteiger partial charge in [0.25, 0.3) is 0 Å². The first-order chi connectivity index (χ1) is 8.40. The van der Waals surface area contributed by atoms with Crippen LogP contribution < -0.4 is 5.32 Å². The van der Waals surface area contributed by atoms with E-state index in [9.17, 15) is 0 Å². The highest BCUT2D eigenvalue weighted by Crippen LogP contribution is 2.20. The molecule has 0 aromatic carbocycles. The summed E-state index contributed by atoms with van der Waals surface area (Å²) in [7, 11) is 0. The molecule has 3 heteroatoms. The van der Waals surface area contributed by atoms with Crippen LogP contribution in [0.2, 0.25) is 0 Å². The Kier molecular flexibility index (Phi) is 4.83. The smallest absolute Gasteiger partial charge is 0.133 e. The molecule has 17 heavy (non-hydrogen) atoms. The minimum atomic E-state index is 0.575. The zero-order valence-electron chi connectivity index (χ0n) is 10.3. The van der Waals surface area contributed by atoms with Crippen LogP contribution in [0.25, 0.3) is 0 Å². The molecule has 1 aliphatic carbocycles. The third-order valence-electron chi connectivity index (χ3n) is 2.93. The molecule has 0 amide bonds. The van der Waals surface area contributed by atoms with Crippen molar-refractivity contribution >= 4 is 0 Å². The molecule has 3 nitrogen and oxygen atoms in total. The quantitative estimate of drug-likeness (QED) is 0.528. The van der Waals surface area contributed by atoms with E-state index in [0.717, 1.165) is 37.8 Å². The summed E-state index contributed by atoms with van der Waals surface area (Å²) in [5.74, 6) is 0.955. The Morgan fingerprint density at radius 1 is 1.53 bits per heavy atom. The maximum absolute atomic E-state index is 5.57. The lowest BCUT2D eigenvalue weighted by Crippen LogP contribution is -2.15. The number of allylic oxidation sites excluding steroid dienone is 1. The first kappa shape index (κ1) is 12.4. The molecule has 1 aromatic rings. The Balaban J connectivity index is 1.67. The van der Waals surface area contributed by atoms with Crippen LogP contribution in [0, 0.1) is 0 Å². The largest absolute Gasteiger partial charge is 0.467 e. The van der Waals surface area contributed by atoms with E-state index in [0.29, 0.717) is 6.61 Å². The number of nitrogens with one attached hydrogen (secondary N) is 1. The number of rotatable bonds is 9. The maximum atomic E-state index is 5.57. The van der Waals surface area contributed by atoms with Crippen LogP contribution in [0.1, 0.15) is 37.0 Å².